The Kier molecular flexibility index (Phi) is 22.4. The lowest BCUT2D eigenvalue weighted by molar-refractivity contribution is 0.542. The molecule has 0 aliphatic carbocycles. The summed E-state index contributed by atoms with van der Waals surface area (Å²) in [7, 11) is 0. The van der Waals surface area contributed by atoms with Gasteiger partial charge in [-0.25, -0.2) is 0 Å². The van der Waals surface area contributed by atoms with Crippen molar-refractivity contribution in [2.24, 2.45) is 0 Å². The van der Waals surface area contributed by atoms with E-state index in [2.05, 4.69) is 19.1 Å². The van der Waals surface area contributed by atoms with Gasteiger partial charge < -0.3 is 6.15 Å². The van der Waals surface area contributed by atoms with Crippen LogP contribution in [0.15, 0.2) is 12.2 Å². The van der Waals surface area contributed by atoms with Crippen molar-refractivity contribution in [3.63, 3.8) is 0 Å². The zero-order valence-electron chi connectivity index (χ0n) is 13.7. The number of hydrogen-bond acceptors (Lipinski definition) is 2. The molecule has 0 saturated heterocycles. The molecular weight excluding hydrogens is 246 g/mol. The fourth-order valence-electron chi connectivity index (χ4n) is 2.27. The average Bonchev–Trinajstić information content (AvgIpc) is 2.43. The van der Waals surface area contributed by atoms with Gasteiger partial charge in [0.15, 0.2) is 6.29 Å². The monoisotopic (exact) mass is 282 g/mol. The highest BCUT2D eigenvalue weighted by Gasteiger charge is 1.90. The summed E-state index contributed by atoms with van der Waals surface area (Å²) < 4.78 is 0. The van der Waals surface area contributed by atoms with E-state index in [9.17, 15) is 4.79 Å². The van der Waals surface area contributed by atoms with Crippen LogP contribution in [0.25, 0.3) is 0 Å². The second-order valence-electron chi connectivity index (χ2n) is 5.48. The van der Waals surface area contributed by atoms with Gasteiger partial charge in [0.25, 0.3) is 0 Å². The third-order valence-corrected chi connectivity index (χ3v) is 3.54. The summed E-state index contributed by atoms with van der Waals surface area (Å²) in [6.45, 7) is 2.27. The van der Waals surface area contributed by atoms with Crippen molar-refractivity contribution in [1.82, 2.24) is 6.15 Å². The van der Waals surface area contributed by atoms with Crippen LogP contribution in [0.2, 0.25) is 0 Å². The summed E-state index contributed by atoms with van der Waals surface area (Å²) >= 11 is 0. The Morgan fingerprint density at radius 3 is 1.65 bits per heavy atom. The first-order valence-corrected chi connectivity index (χ1v) is 8.41. The first-order valence-electron chi connectivity index (χ1n) is 8.41. The predicted octanol–water partition coefficient (Wildman–Crippen LogP) is 6.30. The van der Waals surface area contributed by atoms with Crippen molar-refractivity contribution in [3.05, 3.63) is 12.2 Å². The molecule has 0 aromatic carbocycles. The molecule has 20 heavy (non-hydrogen) atoms. The van der Waals surface area contributed by atoms with Gasteiger partial charge in [-0.1, -0.05) is 70.4 Å². The molecule has 0 heterocycles. The van der Waals surface area contributed by atoms with E-state index in [0.29, 0.717) is 6.42 Å². The first-order chi connectivity index (χ1) is 9.41. The van der Waals surface area contributed by atoms with E-state index < -0.39 is 0 Å². The van der Waals surface area contributed by atoms with Crippen molar-refractivity contribution in [1.29, 1.82) is 0 Å². The van der Waals surface area contributed by atoms with Crippen LogP contribution in [0.1, 0.15) is 96.8 Å². The van der Waals surface area contributed by atoms with Crippen LogP contribution >= 0.6 is 0 Å². The van der Waals surface area contributed by atoms with E-state index in [1.807, 2.05) is 6.29 Å². The molecule has 0 rings (SSSR count). The summed E-state index contributed by atoms with van der Waals surface area (Å²) in [6.07, 6.45) is 24.2. The molecular formula is C18H36NO. The fraction of sp³-hybridized carbons (Fsp3) is 0.833. The lowest BCUT2D eigenvalue weighted by atomic mass is 10.1. The molecule has 1 radical (unpaired) electrons. The van der Waals surface area contributed by atoms with Gasteiger partial charge in [-0.3, -0.25) is 4.79 Å². The second-order valence-corrected chi connectivity index (χ2v) is 5.48. The third kappa shape index (κ3) is 19.7. The molecule has 2 nitrogen and oxygen atoms in total. The van der Waals surface area contributed by atoms with Gasteiger partial charge in [-0.05, 0) is 32.1 Å². The molecule has 0 aromatic rings. The minimum Gasteiger partial charge on any atom is -0.344 e. The van der Waals surface area contributed by atoms with E-state index in [4.69, 9.17) is 0 Å². The van der Waals surface area contributed by atoms with Crippen LogP contribution in [0.3, 0.4) is 0 Å². The van der Waals surface area contributed by atoms with Crippen molar-refractivity contribution < 1.29 is 4.79 Å². The van der Waals surface area contributed by atoms with Crippen molar-refractivity contribution in [3.8, 4) is 0 Å². The van der Waals surface area contributed by atoms with Gasteiger partial charge in [0, 0.05) is 6.42 Å². The van der Waals surface area contributed by atoms with E-state index >= 15 is 0 Å². The molecule has 0 fully saturated rings. The van der Waals surface area contributed by atoms with Crippen LogP contribution in [0.5, 0.6) is 0 Å². The van der Waals surface area contributed by atoms with Crippen LogP contribution in [-0.4, -0.2) is 6.29 Å². The maximum absolute atomic E-state index is 10.0. The van der Waals surface area contributed by atoms with Crippen molar-refractivity contribution in [2.45, 2.75) is 96.8 Å². The number of hydrogen-bond donors (Lipinski definition) is 1. The average molecular weight is 282 g/mol. The normalized spacial score (nSPS) is 10.7. The van der Waals surface area contributed by atoms with Gasteiger partial charge in [0.05, 0.1) is 0 Å². The molecule has 0 bridgehead atoms. The highest BCUT2D eigenvalue weighted by atomic mass is 16.1. The summed E-state index contributed by atoms with van der Waals surface area (Å²) in [4.78, 5) is 10.0. The topological polar surface area (TPSA) is 52.1 Å². The zero-order chi connectivity index (χ0) is 14.0. The van der Waals surface area contributed by atoms with Crippen LogP contribution < -0.4 is 6.15 Å². The van der Waals surface area contributed by atoms with Crippen LogP contribution in [0.4, 0.5) is 0 Å². The van der Waals surface area contributed by atoms with Crippen molar-refractivity contribution in [2.75, 3.05) is 0 Å². The lowest BCUT2D eigenvalue weighted by Gasteiger charge is -1.98. The SMILES string of the molecule is CCCCCCCC/C=C\CCCCCCC[C]=O.N. The highest BCUT2D eigenvalue weighted by molar-refractivity contribution is 5.50. The smallest absolute Gasteiger partial charge is 0.198 e. The van der Waals surface area contributed by atoms with Gasteiger partial charge in [0.2, 0.25) is 0 Å². The number of carbonyl (C=O) groups excluding carboxylic acids is 1. The van der Waals surface area contributed by atoms with Gasteiger partial charge in [0.1, 0.15) is 0 Å². The molecule has 0 saturated carbocycles. The van der Waals surface area contributed by atoms with Gasteiger partial charge in [-0.15, -0.1) is 0 Å². The minimum absolute atomic E-state index is 0. The molecule has 0 aliphatic rings. The molecule has 3 N–H and O–H groups in total. The molecule has 0 aromatic heterocycles. The summed E-state index contributed by atoms with van der Waals surface area (Å²) in [5, 5.41) is 0. The Hall–Kier alpha value is -0.630. The zero-order valence-corrected chi connectivity index (χ0v) is 13.7. The molecule has 0 spiro atoms. The van der Waals surface area contributed by atoms with Crippen LogP contribution in [0, 0.1) is 0 Å². The highest BCUT2D eigenvalue weighted by Crippen LogP contribution is 2.09. The number of rotatable bonds is 15. The second kappa shape index (κ2) is 20.7. The van der Waals surface area contributed by atoms with Crippen LogP contribution in [-0.2, 0) is 4.79 Å². The summed E-state index contributed by atoms with van der Waals surface area (Å²) in [6, 6.07) is 0. The Labute approximate surface area is 127 Å². The van der Waals surface area contributed by atoms with E-state index in [0.717, 1.165) is 6.42 Å². The Morgan fingerprint density at radius 2 is 1.15 bits per heavy atom. The van der Waals surface area contributed by atoms with E-state index in [-0.39, 0.29) is 6.15 Å². The number of allylic oxidation sites excluding steroid dienone is 2. The number of unbranched alkanes of at least 4 members (excludes halogenated alkanes) is 12. The maximum Gasteiger partial charge on any atom is 0.198 e. The van der Waals surface area contributed by atoms with Gasteiger partial charge >= 0.3 is 0 Å². The fourth-order valence-corrected chi connectivity index (χ4v) is 2.27. The standard InChI is InChI=1S/C18H33O.H3N/c1-2-3-4-5-6-7-8-9-10-11-12-13-14-15-16-17-18-19;/h9-10H,2-8,11-17H2,1H3;1H3/b10-9-;. The molecule has 0 atom stereocenters. The molecule has 0 aliphatic heterocycles. The van der Waals surface area contributed by atoms with E-state index in [1.165, 1.54) is 77.0 Å². The predicted molar refractivity (Wildman–Crippen MR) is 90.2 cm³/mol. The minimum atomic E-state index is 0. The largest absolute Gasteiger partial charge is 0.344 e. The Morgan fingerprint density at radius 1 is 0.700 bits per heavy atom. The quantitative estimate of drug-likeness (QED) is 0.283. The first kappa shape index (κ1) is 21.7. The summed E-state index contributed by atoms with van der Waals surface area (Å²) in [5.74, 6) is 0. The molecule has 119 valence electrons. The third-order valence-electron chi connectivity index (χ3n) is 3.54. The van der Waals surface area contributed by atoms with Gasteiger partial charge in [-0.2, -0.15) is 0 Å². The Bertz CT molecular complexity index is 202. The summed E-state index contributed by atoms with van der Waals surface area (Å²) in [5.41, 5.74) is 0. The van der Waals surface area contributed by atoms with E-state index in [1.54, 1.807) is 0 Å². The van der Waals surface area contributed by atoms with Crippen molar-refractivity contribution >= 4 is 6.29 Å². The molecule has 2 heteroatoms. The maximum atomic E-state index is 10.0. The molecule has 0 amide bonds. The lowest BCUT2D eigenvalue weighted by Crippen LogP contribution is -1.80. The Balaban J connectivity index is 0. The molecule has 0 unspecified atom stereocenters.